The maximum atomic E-state index is 11.5. The number of Topliss-reactive ketones (excluding diaryl/α,β-unsaturated/α-hetero) is 1. The number of ketones is 1. The van der Waals surface area contributed by atoms with Gasteiger partial charge in [0.05, 0.1) is 0 Å². The zero-order valence-corrected chi connectivity index (χ0v) is 10.6. The molecule has 0 radical (unpaired) electrons. The molecule has 0 bridgehead atoms. The fourth-order valence-electron chi connectivity index (χ4n) is 3.29. The van der Waals surface area contributed by atoms with E-state index >= 15 is 0 Å². The zero-order valence-electron chi connectivity index (χ0n) is 10.6. The SMILES string of the molecule is CN(CCC1CCCC1=O)CC1CCCC1. The van der Waals surface area contributed by atoms with E-state index in [4.69, 9.17) is 0 Å². The van der Waals surface area contributed by atoms with Crippen LogP contribution in [0.4, 0.5) is 0 Å². The summed E-state index contributed by atoms with van der Waals surface area (Å²) in [6, 6.07) is 0. The molecule has 2 aliphatic rings. The highest BCUT2D eigenvalue weighted by atomic mass is 16.1. The second kappa shape index (κ2) is 5.81. The number of hydrogen-bond acceptors (Lipinski definition) is 2. The molecule has 92 valence electrons. The van der Waals surface area contributed by atoms with E-state index < -0.39 is 0 Å². The van der Waals surface area contributed by atoms with Crippen LogP contribution in [0.3, 0.4) is 0 Å². The maximum Gasteiger partial charge on any atom is 0.136 e. The first-order valence-electron chi connectivity index (χ1n) is 6.97. The molecule has 2 fully saturated rings. The van der Waals surface area contributed by atoms with E-state index in [9.17, 15) is 4.79 Å². The van der Waals surface area contributed by atoms with Gasteiger partial charge in [-0.25, -0.2) is 0 Å². The van der Waals surface area contributed by atoms with Crippen molar-refractivity contribution < 1.29 is 4.79 Å². The van der Waals surface area contributed by atoms with Crippen LogP contribution in [0.2, 0.25) is 0 Å². The summed E-state index contributed by atoms with van der Waals surface area (Å²) < 4.78 is 0. The molecular weight excluding hydrogens is 198 g/mol. The summed E-state index contributed by atoms with van der Waals surface area (Å²) >= 11 is 0. The van der Waals surface area contributed by atoms with Crippen LogP contribution in [0.5, 0.6) is 0 Å². The lowest BCUT2D eigenvalue weighted by Gasteiger charge is -2.21. The Morgan fingerprint density at radius 1 is 1.19 bits per heavy atom. The van der Waals surface area contributed by atoms with Crippen molar-refractivity contribution in [2.45, 2.75) is 51.4 Å². The molecule has 2 saturated carbocycles. The van der Waals surface area contributed by atoms with Gasteiger partial charge in [-0.05, 0) is 51.6 Å². The minimum atomic E-state index is 0.394. The second-order valence-electron chi connectivity index (χ2n) is 5.76. The zero-order chi connectivity index (χ0) is 11.4. The molecule has 16 heavy (non-hydrogen) atoms. The van der Waals surface area contributed by atoms with Crippen molar-refractivity contribution in [3.8, 4) is 0 Å². The van der Waals surface area contributed by atoms with Gasteiger partial charge >= 0.3 is 0 Å². The molecule has 0 amide bonds. The first-order valence-corrected chi connectivity index (χ1v) is 6.97. The third-order valence-corrected chi connectivity index (χ3v) is 4.34. The lowest BCUT2D eigenvalue weighted by molar-refractivity contribution is -0.120. The Kier molecular flexibility index (Phi) is 4.39. The van der Waals surface area contributed by atoms with Crippen molar-refractivity contribution >= 4 is 5.78 Å². The Morgan fingerprint density at radius 2 is 1.94 bits per heavy atom. The molecule has 0 heterocycles. The molecule has 2 nitrogen and oxygen atoms in total. The van der Waals surface area contributed by atoms with Crippen molar-refractivity contribution in [3.05, 3.63) is 0 Å². The summed E-state index contributed by atoms with van der Waals surface area (Å²) in [4.78, 5) is 14.0. The van der Waals surface area contributed by atoms with E-state index in [1.807, 2.05) is 0 Å². The van der Waals surface area contributed by atoms with Gasteiger partial charge in [0.1, 0.15) is 5.78 Å². The highest BCUT2D eigenvalue weighted by molar-refractivity contribution is 5.82. The molecule has 2 rings (SSSR count). The quantitative estimate of drug-likeness (QED) is 0.714. The van der Waals surface area contributed by atoms with Crippen molar-refractivity contribution in [1.29, 1.82) is 0 Å². The third kappa shape index (κ3) is 3.31. The molecule has 1 unspecified atom stereocenters. The molecule has 2 heteroatoms. The molecule has 2 aliphatic carbocycles. The highest BCUT2D eigenvalue weighted by Gasteiger charge is 2.24. The Balaban J connectivity index is 1.63. The molecule has 0 saturated heterocycles. The Hall–Kier alpha value is -0.370. The average Bonchev–Trinajstić information content (AvgIpc) is 2.87. The summed E-state index contributed by atoms with van der Waals surface area (Å²) in [5, 5.41) is 0. The summed E-state index contributed by atoms with van der Waals surface area (Å²) in [5.41, 5.74) is 0. The number of nitrogens with zero attached hydrogens (tertiary/aromatic N) is 1. The molecule has 0 spiro atoms. The minimum Gasteiger partial charge on any atom is -0.306 e. The van der Waals surface area contributed by atoms with Gasteiger partial charge in [0.2, 0.25) is 0 Å². The van der Waals surface area contributed by atoms with Gasteiger partial charge in [0, 0.05) is 18.9 Å². The van der Waals surface area contributed by atoms with Crippen molar-refractivity contribution in [2.75, 3.05) is 20.1 Å². The number of hydrogen-bond donors (Lipinski definition) is 0. The normalized spacial score (nSPS) is 27.1. The third-order valence-electron chi connectivity index (χ3n) is 4.34. The van der Waals surface area contributed by atoms with Gasteiger partial charge < -0.3 is 4.90 Å². The first-order chi connectivity index (χ1) is 7.75. The average molecular weight is 223 g/mol. The topological polar surface area (TPSA) is 20.3 Å². The van der Waals surface area contributed by atoms with Gasteiger partial charge in [0.25, 0.3) is 0 Å². The Morgan fingerprint density at radius 3 is 2.56 bits per heavy atom. The lowest BCUT2D eigenvalue weighted by Crippen LogP contribution is -2.27. The van der Waals surface area contributed by atoms with Gasteiger partial charge in [-0.15, -0.1) is 0 Å². The monoisotopic (exact) mass is 223 g/mol. The van der Waals surface area contributed by atoms with Crippen LogP contribution in [0.1, 0.15) is 51.4 Å². The summed E-state index contributed by atoms with van der Waals surface area (Å²) in [6.07, 6.45) is 9.93. The minimum absolute atomic E-state index is 0.394. The van der Waals surface area contributed by atoms with E-state index in [1.54, 1.807) is 0 Å². The van der Waals surface area contributed by atoms with Crippen LogP contribution in [0.25, 0.3) is 0 Å². The number of rotatable bonds is 5. The second-order valence-corrected chi connectivity index (χ2v) is 5.76. The number of carbonyl (C=O) groups excluding carboxylic acids is 1. The fourth-order valence-corrected chi connectivity index (χ4v) is 3.29. The van der Waals surface area contributed by atoms with Gasteiger partial charge in [-0.3, -0.25) is 4.79 Å². The fraction of sp³-hybridized carbons (Fsp3) is 0.929. The summed E-state index contributed by atoms with van der Waals surface area (Å²) in [7, 11) is 2.22. The van der Waals surface area contributed by atoms with E-state index in [1.165, 1.54) is 32.2 Å². The summed E-state index contributed by atoms with van der Waals surface area (Å²) in [6.45, 7) is 2.37. The van der Waals surface area contributed by atoms with Crippen LogP contribution in [0.15, 0.2) is 0 Å². The molecule has 0 N–H and O–H groups in total. The van der Waals surface area contributed by atoms with Crippen molar-refractivity contribution in [3.63, 3.8) is 0 Å². The molecule has 0 aromatic heterocycles. The van der Waals surface area contributed by atoms with Crippen molar-refractivity contribution in [2.24, 2.45) is 11.8 Å². The first kappa shape index (κ1) is 12.1. The molecule has 0 aromatic rings. The van der Waals surface area contributed by atoms with Crippen LogP contribution in [0, 0.1) is 11.8 Å². The van der Waals surface area contributed by atoms with Crippen LogP contribution in [-0.4, -0.2) is 30.8 Å². The van der Waals surface area contributed by atoms with E-state index in [0.29, 0.717) is 11.7 Å². The van der Waals surface area contributed by atoms with Gasteiger partial charge in [-0.2, -0.15) is 0 Å². The molecule has 0 aliphatic heterocycles. The van der Waals surface area contributed by atoms with Gasteiger partial charge in [0.15, 0.2) is 0 Å². The predicted octanol–water partition coefficient (Wildman–Crippen LogP) is 2.87. The van der Waals surface area contributed by atoms with Crippen LogP contribution >= 0.6 is 0 Å². The Bertz CT molecular complexity index is 233. The van der Waals surface area contributed by atoms with E-state index in [-0.39, 0.29) is 0 Å². The summed E-state index contributed by atoms with van der Waals surface area (Å²) in [5.74, 6) is 1.85. The van der Waals surface area contributed by atoms with Crippen molar-refractivity contribution in [1.82, 2.24) is 4.90 Å². The molecular formula is C14H25NO. The molecule has 1 atom stereocenters. The van der Waals surface area contributed by atoms with Crippen LogP contribution in [-0.2, 0) is 4.79 Å². The maximum absolute atomic E-state index is 11.5. The predicted molar refractivity (Wildman–Crippen MR) is 66.4 cm³/mol. The number of carbonyl (C=O) groups is 1. The standard InChI is InChI=1S/C14H25NO/c1-15(11-12-5-2-3-6-12)10-9-13-7-4-8-14(13)16/h12-13H,2-11H2,1H3. The largest absolute Gasteiger partial charge is 0.306 e. The van der Waals surface area contributed by atoms with E-state index in [0.717, 1.165) is 38.1 Å². The molecule has 0 aromatic carbocycles. The van der Waals surface area contributed by atoms with Crippen LogP contribution < -0.4 is 0 Å². The highest BCUT2D eigenvalue weighted by Crippen LogP contribution is 2.27. The lowest BCUT2D eigenvalue weighted by atomic mass is 10.0. The van der Waals surface area contributed by atoms with Gasteiger partial charge in [-0.1, -0.05) is 12.8 Å². The van der Waals surface area contributed by atoms with E-state index in [2.05, 4.69) is 11.9 Å². The Labute approximate surface area is 99.4 Å². The smallest absolute Gasteiger partial charge is 0.136 e.